The van der Waals surface area contributed by atoms with E-state index >= 15 is 0 Å². The average molecular weight is 207 g/mol. The summed E-state index contributed by atoms with van der Waals surface area (Å²) in [7, 11) is -1.25. The first kappa shape index (κ1) is 10.9. The van der Waals surface area contributed by atoms with E-state index in [1.165, 1.54) is 0 Å². The van der Waals surface area contributed by atoms with Gasteiger partial charge in [0.1, 0.15) is 0 Å². The molecule has 1 aromatic rings. The second-order valence-corrected chi connectivity index (χ2v) is 3.90. The fourth-order valence-electron chi connectivity index (χ4n) is 0.911. The minimum absolute atomic E-state index is 0.738. The van der Waals surface area contributed by atoms with Gasteiger partial charge in [0.05, 0.1) is 4.90 Å². The van der Waals surface area contributed by atoms with Gasteiger partial charge >= 0.3 is 0 Å². The third-order valence-corrected chi connectivity index (χ3v) is 2.63. The molecular formula is C11H13NOS. The Balaban J connectivity index is 2.51. The lowest BCUT2D eigenvalue weighted by molar-refractivity contribution is 0.684. The molecule has 0 saturated carbocycles. The van der Waals surface area contributed by atoms with Gasteiger partial charge in [-0.05, 0) is 25.0 Å². The van der Waals surface area contributed by atoms with Crippen molar-refractivity contribution in [3.63, 3.8) is 0 Å². The van der Waals surface area contributed by atoms with E-state index in [-0.39, 0.29) is 0 Å². The van der Waals surface area contributed by atoms with Crippen LogP contribution in [0.2, 0.25) is 0 Å². The molecule has 0 aliphatic carbocycles. The van der Waals surface area contributed by atoms with E-state index in [2.05, 4.69) is 11.0 Å². The lowest BCUT2D eigenvalue weighted by Crippen LogP contribution is -1.86. The Labute approximate surface area is 87.0 Å². The highest BCUT2D eigenvalue weighted by Crippen LogP contribution is 2.05. The molecule has 1 atom stereocenters. The Bertz CT molecular complexity index is 332. The average Bonchev–Trinajstić information content (AvgIpc) is 2.25. The molecule has 0 amide bonds. The van der Waals surface area contributed by atoms with Crippen LogP contribution in [-0.4, -0.2) is 10.4 Å². The molecule has 1 unspecified atom stereocenters. The van der Waals surface area contributed by atoms with E-state index < -0.39 is 11.0 Å². The summed E-state index contributed by atoms with van der Waals surface area (Å²) >= 11 is 0. The summed E-state index contributed by atoms with van der Waals surface area (Å²) in [6.07, 6.45) is 5.17. The predicted octanol–water partition coefficient (Wildman–Crippen LogP) is 2.75. The zero-order valence-corrected chi connectivity index (χ0v) is 8.74. The van der Waals surface area contributed by atoms with Crippen molar-refractivity contribution in [2.75, 3.05) is 0 Å². The van der Waals surface area contributed by atoms with Crippen LogP contribution in [0.1, 0.15) is 12.8 Å². The summed E-state index contributed by atoms with van der Waals surface area (Å²) in [5.41, 5.74) is 0. The maximum atomic E-state index is 11.5. The second kappa shape index (κ2) is 6.27. The molecule has 0 bridgehead atoms. The molecule has 0 aromatic heterocycles. The van der Waals surface area contributed by atoms with Crippen molar-refractivity contribution in [3.8, 4) is 0 Å². The van der Waals surface area contributed by atoms with E-state index in [0.29, 0.717) is 0 Å². The first-order valence-corrected chi connectivity index (χ1v) is 5.55. The molecule has 0 saturated heterocycles. The van der Waals surface area contributed by atoms with Crippen LogP contribution in [0.15, 0.2) is 52.3 Å². The van der Waals surface area contributed by atoms with Crippen molar-refractivity contribution < 1.29 is 4.21 Å². The minimum atomic E-state index is -1.25. The lowest BCUT2D eigenvalue weighted by Gasteiger charge is -1.93. The van der Waals surface area contributed by atoms with Crippen molar-refractivity contribution in [2.24, 2.45) is 4.40 Å². The summed E-state index contributed by atoms with van der Waals surface area (Å²) in [5, 5.41) is 0. The molecule has 0 radical (unpaired) electrons. The maximum absolute atomic E-state index is 11.5. The molecule has 2 nitrogen and oxygen atoms in total. The molecule has 0 aliphatic heterocycles. The normalized spacial score (nSPS) is 12.9. The van der Waals surface area contributed by atoms with Gasteiger partial charge in [0.25, 0.3) is 0 Å². The smallest absolute Gasteiger partial charge is 0.172 e. The van der Waals surface area contributed by atoms with E-state index in [1.807, 2.05) is 24.3 Å². The van der Waals surface area contributed by atoms with Crippen LogP contribution in [0.5, 0.6) is 0 Å². The second-order valence-electron chi connectivity index (χ2n) is 2.72. The van der Waals surface area contributed by atoms with Gasteiger partial charge in [0.15, 0.2) is 11.0 Å². The third kappa shape index (κ3) is 3.66. The van der Waals surface area contributed by atoms with Crippen LogP contribution in [0.25, 0.3) is 0 Å². The molecule has 0 heterocycles. The highest BCUT2D eigenvalue weighted by Gasteiger charge is 1.97. The monoisotopic (exact) mass is 207 g/mol. The highest BCUT2D eigenvalue weighted by molar-refractivity contribution is 7.83. The standard InChI is InChI=1S/C11H13NOS/c1-2-3-7-10-12-14(13)11-8-5-4-6-9-11/h2,4-6,8-10H,1,3,7H2/b12-10+. The maximum Gasteiger partial charge on any atom is 0.172 e. The molecule has 1 aromatic carbocycles. The minimum Gasteiger partial charge on any atom is -0.230 e. The summed E-state index contributed by atoms with van der Waals surface area (Å²) in [6, 6.07) is 9.21. The van der Waals surface area contributed by atoms with Gasteiger partial charge in [0, 0.05) is 6.21 Å². The highest BCUT2D eigenvalue weighted by atomic mass is 32.2. The predicted molar refractivity (Wildman–Crippen MR) is 60.8 cm³/mol. The molecular weight excluding hydrogens is 194 g/mol. The van der Waals surface area contributed by atoms with Gasteiger partial charge in [-0.25, -0.2) is 4.21 Å². The number of hydrogen-bond acceptors (Lipinski definition) is 1. The van der Waals surface area contributed by atoms with Crippen LogP contribution < -0.4 is 0 Å². The van der Waals surface area contributed by atoms with Crippen molar-refractivity contribution in [1.29, 1.82) is 0 Å². The molecule has 0 aliphatic rings. The van der Waals surface area contributed by atoms with Crippen LogP contribution in [0, 0.1) is 0 Å². The number of hydrogen-bond donors (Lipinski definition) is 0. The van der Waals surface area contributed by atoms with E-state index in [1.54, 1.807) is 18.3 Å². The largest absolute Gasteiger partial charge is 0.230 e. The molecule has 74 valence electrons. The van der Waals surface area contributed by atoms with Crippen LogP contribution in [0.3, 0.4) is 0 Å². The van der Waals surface area contributed by atoms with Gasteiger partial charge in [-0.15, -0.1) is 6.58 Å². The Morgan fingerprint density at radius 1 is 1.29 bits per heavy atom. The number of benzene rings is 1. The quantitative estimate of drug-likeness (QED) is 0.414. The van der Waals surface area contributed by atoms with Crippen LogP contribution >= 0.6 is 0 Å². The zero-order valence-electron chi connectivity index (χ0n) is 7.93. The zero-order chi connectivity index (χ0) is 10.2. The number of allylic oxidation sites excluding steroid dienone is 1. The van der Waals surface area contributed by atoms with E-state index in [0.717, 1.165) is 17.7 Å². The van der Waals surface area contributed by atoms with Gasteiger partial charge in [-0.2, -0.15) is 4.40 Å². The summed E-state index contributed by atoms with van der Waals surface area (Å²) in [4.78, 5) is 0.738. The molecule has 0 spiro atoms. The number of unbranched alkanes of at least 4 members (excludes halogenated alkanes) is 1. The first-order valence-electron chi connectivity index (χ1n) is 4.45. The van der Waals surface area contributed by atoms with E-state index in [4.69, 9.17) is 0 Å². The van der Waals surface area contributed by atoms with Crippen molar-refractivity contribution in [1.82, 2.24) is 0 Å². The van der Waals surface area contributed by atoms with Crippen molar-refractivity contribution in [3.05, 3.63) is 43.0 Å². The van der Waals surface area contributed by atoms with Gasteiger partial charge in [-0.3, -0.25) is 0 Å². The molecule has 14 heavy (non-hydrogen) atoms. The molecule has 3 heteroatoms. The summed E-state index contributed by atoms with van der Waals surface area (Å²) < 4.78 is 15.4. The van der Waals surface area contributed by atoms with Gasteiger partial charge in [-0.1, -0.05) is 24.3 Å². The fourth-order valence-corrected chi connectivity index (χ4v) is 1.66. The third-order valence-electron chi connectivity index (χ3n) is 1.62. The molecule has 0 N–H and O–H groups in total. The topological polar surface area (TPSA) is 29.4 Å². The van der Waals surface area contributed by atoms with Crippen LogP contribution in [-0.2, 0) is 11.0 Å². The Hall–Kier alpha value is -1.22. The Morgan fingerprint density at radius 2 is 2.00 bits per heavy atom. The number of nitrogens with zero attached hydrogens (tertiary/aromatic N) is 1. The molecule has 0 fully saturated rings. The Morgan fingerprint density at radius 3 is 2.64 bits per heavy atom. The van der Waals surface area contributed by atoms with Crippen LogP contribution in [0.4, 0.5) is 0 Å². The first-order chi connectivity index (χ1) is 6.84. The van der Waals surface area contributed by atoms with Gasteiger partial charge < -0.3 is 0 Å². The summed E-state index contributed by atoms with van der Waals surface area (Å²) in [5.74, 6) is 0. The summed E-state index contributed by atoms with van der Waals surface area (Å²) in [6.45, 7) is 3.60. The van der Waals surface area contributed by atoms with Crippen molar-refractivity contribution in [2.45, 2.75) is 17.7 Å². The number of rotatable bonds is 5. The fraction of sp³-hybridized carbons (Fsp3) is 0.182. The SMILES string of the molecule is C=CCC/C=N/S(=O)c1ccccc1. The van der Waals surface area contributed by atoms with Crippen molar-refractivity contribution >= 4 is 17.2 Å². The lowest BCUT2D eigenvalue weighted by atomic mass is 10.3. The molecule has 1 rings (SSSR count). The van der Waals surface area contributed by atoms with E-state index in [9.17, 15) is 4.21 Å². The Kier molecular flexibility index (Phi) is 4.86. The van der Waals surface area contributed by atoms with Gasteiger partial charge in [0.2, 0.25) is 0 Å².